The summed E-state index contributed by atoms with van der Waals surface area (Å²) >= 11 is 12.3. The number of piperazine rings is 1. The minimum Gasteiger partial charge on any atom is -0.508 e. The number of piperidine rings is 1. The van der Waals surface area contributed by atoms with Crippen molar-refractivity contribution in [3.05, 3.63) is 27.7 Å². The quantitative estimate of drug-likeness (QED) is 0.836. The largest absolute Gasteiger partial charge is 0.508 e. The number of rotatable bonds is 1. The average molecular weight is 315 g/mol. The Balaban J connectivity index is 1.89. The molecule has 2 heterocycles. The van der Waals surface area contributed by atoms with Crippen LogP contribution >= 0.6 is 23.2 Å². The van der Waals surface area contributed by atoms with Crippen LogP contribution in [0.3, 0.4) is 0 Å². The summed E-state index contributed by atoms with van der Waals surface area (Å²) in [4.78, 5) is 13.9. The predicted molar refractivity (Wildman–Crippen MR) is 78.5 cm³/mol. The van der Waals surface area contributed by atoms with E-state index >= 15 is 0 Å². The molecule has 1 amide bonds. The normalized spacial score (nSPS) is 26.5. The Morgan fingerprint density at radius 2 is 2.10 bits per heavy atom. The number of phenolic OH excluding ortho intramolecular Hbond substituents is 1. The number of aromatic hydroxyl groups is 1. The molecular formula is C14H16Cl2N2O2. The Kier molecular flexibility index (Phi) is 3.80. The van der Waals surface area contributed by atoms with E-state index in [4.69, 9.17) is 23.2 Å². The number of amides is 1. The van der Waals surface area contributed by atoms with Gasteiger partial charge in [0.15, 0.2) is 0 Å². The second-order valence-electron chi connectivity index (χ2n) is 5.40. The van der Waals surface area contributed by atoms with Crippen molar-refractivity contribution in [2.45, 2.75) is 24.8 Å². The molecule has 1 aromatic rings. The molecule has 0 bridgehead atoms. The van der Waals surface area contributed by atoms with E-state index in [0.29, 0.717) is 28.7 Å². The lowest BCUT2D eigenvalue weighted by Crippen LogP contribution is -2.57. The molecule has 0 aromatic heterocycles. The highest BCUT2D eigenvalue weighted by molar-refractivity contribution is 6.42. The van der Waals surface area contributed by atoms with Crippen molar-refractivity contribution in [3.63, 3.8) is 0 Å². The van der Waals surface area contributed by atoms with Gasteiger partial charge in [0.2, 0.25) is 5.91 Å². The summed E-state index contributed by atoms with van der Waals surface area (Å²) in [6.07, 6.45) is 1.80. The maximum Gasteiger partial charge on any atom is 0.236 e. The Morgan fingerprint density at radius 1 is 1.30 bits per heavy atom. The zero-order valence-corrected chi connectivity index (χ0v) is 12.4. The van der Waals surface area contributed by atoms with Crippen molar-refractivity contribution >= 4 is 29.1 Å². The molecule has 20 heavy (non-hydrogen) atoms. The highest BCUT2D eigenvalue weighted by Crippen LogP contribution is 2.42. The van der Waals surface area contributed by atoms with Crippen LogP contribution < -0.4 is 5.32 Å². The Bertz CT molecular complexity index is 550. The van der Waals surface area contributed by atoms with Gasteiger partial charge in [-0.15, -0.1) is 0 Å². The lowest BCUT2D eigenvalue weighted by Gasteiger charge is -2.43. The fraction of sp³-hybridized carbons (Fsp3) is 0.500. The van der Waals surface area contributed by atoms with E-state index in [1.165, 1.54) is 0 Å². The lowest BCUT2D eigenvalue weighted by atomic mass is 9.86. The van der Waals surface area contributed by atoms with Gasteiger partial charge in [0.05, 0.1) is 16.6 Å². The molecule has 108 valence electrons. The maximum atomic E-state index is 12.0. The van der Waals surface area contributed by atoms with Crippen LogP contribution in [0, 0.1) is 0 Å². The summed E-state index contributed by atoms with van der Waals surface area (Å²) in [6, 6.07) is 3.41. The second kappa shape index (κ2) is 5.43. The number of carbonyl (C=O) groups is 1. The number of halogens is 2. The van der Waals surface area contributed by atoms with Gasteiger partial charge in [-0.3, -0.25) is 4.79 Å². The van der Waals surface area contributed by atoms with E-state index in [1.807, 2.05) is 4.90 Å². The van der Waals surface area contributed by atoms with Gasteiger partial charge in [-0.05, 0) is 25.0 Å². The number of benzene rings is 1. The van der Waals surface area contributed by atoms with Crippen LogP contribution in [-0.4, -0.2) is 41.6 Å². The molecule has 2 saturated heterocycles. The summed E-state index contributed by atoms with van der Waals surface area (Å²) in [5, 5.41) is 14.0. The van der Waals surface area contributed by atoms with Crippen molar-refractivity contribution in [2.75, 3.05) is 19.6 Å². The topological polar surface area (TPSA) is 52.6 Å². The summed E-state index contributed by atoms with van der Waals surface area (Å²) < 4.78 is 0. The van der Waals surface area contributed by atoms with Gasteiger partial charge >= 0.3 is 0 Å². The molecule has 2 N–H and O–H groups in total. The van der Waals surface area contributed by atoms with Gasteiger partial charge in [0.25, 0.3) is 0 Å². The number of hydrogen-bond acceptors (Lipinski definition) is 3. The Labute approximate surface area is 127 Å². The molecular weight excluding hydrogens is 299 g/mol. The molecule has 0 radical (unpaired) electrons. The monoisotopic (exact) mass is 314 g/mol. The van der Waals surface area contributed by atoms with Crippen LogP contribution in [-0.2, 0) is 4.79 Å². The maximum absolute atomic E-state index is 12.0. The summed E-state index contributed by atoms with van der Waals surface area (Å²) in [6.45, 7) is 1.82. The molecule has 2 atom stereocenters. The van der Waals surface area contributed by atoms with Crippen LogP contribution in [0.5, 0.6) is 5.75 Å². The average Bonchev–Trinajstić information content (AvgIpc) is 2.44. The van der Waals surface area contributed by atoms with Gasteiger partial charge in [-0.2, -0.15) is 0 Å². The molecule has 4 nitrogen and oxygen atoms in total. The third-order valence-corrected chi connectivity index (χ3v) is 5.02. The van der Waals surface area contributed by atoms with Crippen molar-refractivity contribution in [2.24, 2.45) is 0 Å². The van der Waals surface area contributed by atoms with Crippen LogP contribution in [0.15, 0.2) is 12.1 Å². The fourth-order valence-corrected chi connectivity index (χ4v) is 3.65. The number of fused-ring (bicyclic) bond motifs is 1. The fourth-order valence-electron chi connectivity index (χ4n) is 3.17. The first kappa shape index (κ1) is 14.0. The van der Waals surface area contributed by atoms with Crippen LogP contribution in [0.4, 0.5) is 0 Å². The first-order chi connectivity index (χ1) is 9.58. The number of nitrogens with zero attached hydrogens (tertiary/aromatic N) is 1. The summed E-state index contributed by atoms with van der Waals surface area (Å²) in [7, 11) is 0. The first-order valence-corrected chi connectivity index (χ1v) is 7.50. The van der Waals surface area contributed by atoms with E-state index in [2.05, 4.69) is 5.32 Å². The SMILES string of the molecule is O=C1CNC[C@H]2CC[C@@H](c3c(O)ccc(Cl)c3Cl)CN12. The van der Waals surface area contributed by atoms with Crippen molar-refractivity contribution < 1.29 is 9.90 Å². The molecule has 2 aliphatic rings. The van der Waals surface area contributed by atoms with Crippen LogP contribution in [0.25, 0.3) is 0 Å². The Hall–Kier alpha value is -0.970. The summed E-state index contributed by atoms with van der Waals surface area (Å²) in [5.74, 6) is 0.313. The minimum absolute atomic E-state index is 0.0412. The van der Waals surface area contributed by atoms with Gasteiger partial charge in [-0.25, -0.2) is 0 Å². The van der Waals surface area contributed by atoms with Crippen molar-refractivity contribution in [3.8, 4) is 5.75 Å². The minimum atomic E-state index is 0.0412. The van der Waals surface area contributed by atoms with Crippen molar-refractivity contribution in [1.29, 1.82) is 0 Å². The first-order valence-electron chi connectivity index (χ1n) is 6.75. The predicted octanol–water partition coefficient (Wildman–Crippen LogP) is 2.38. The molecule has 0 saturated carbocycles. The number of carbonyl (C=O) groups excluding carboxylic acids is 1. The van der Waals surface area contributed by atoms with E-state index in [-0.39, 0.29) is 23.6 Å². The van der Waals surface area contributed by atoms with E-state index in [9.17, 15) is 9.90 Å². The van der Waals surface area contributed by atoms with E-state index in [1.54, 1.807) is 12.1 Å². The third-order valence-electron chi connectivity index (χ3n) is 4.20. The molecule has 1 aromatic carbocycles. The van der Waals surface area contributed by atoms with Gasteiger partial charge in [0, 0.05) is 30.6 Å². The van der Waals surface area contributed by atoms with E-state index < -0.39 is 0 Å². The Morgan fingerprint density at radius 3 is 2.90 bits per heavy atom. The molecule has 2 aliphatic heterocycles. The van der Waals surface area contributed by atoms with Gasteiger partial charge < -0.3 is 15.3 Å². The van der Waals surface area contributed by atoms with Crippen LogP contribution in [0.1, 0.15) is 24.3 Å². The highest BCUT2D eigenvalue weighted by atomic mass is 35.5. The van der Waals surface area contributed by atoms with E-state index in [0.717, 1.165) is 19.4 Å². The molecule has 0 aliphatic carbocycles. The van der Waals surface area contributed by atoms with Crippen LogP contribution in [0.2, 0.25) is 10.0 Å². The van der Waals surface area contributed by atoms with Crippen molar-refractivity contribution in [1.82, 2.24) is 10.2 Å². The lowest BCUT2D eigenvalue weighted by molar-refractivity contribution is -0.136. The summed E-state index contributed by atoms with van der Waals surface area (Å²) in [5.41, 5.74) is 0.670. The standard InChI is InChI=1S/C14H16Cl2N2O2/c15-10-3-4-11(19)13(14(10)16)8-1-2-9-5-17-6-12(20)18(9)7-8/h3-4,8-9,17,19H,1-2,5-7H2/t8-,9-/m1/s1. The molecule has 0 spiro atoms. The number of nitrogens with one attached hydrogen (secondary N) is 1. The second-order valence-corrected chi connectivity index (χ2v) is 6.18. The molecule has 0 unspecified atom stereocenters. The highest BCUT2D eigenvalue weighted by Gasteiger charge is 2.36. The third kappa shape index (κ3) is 2.36. The molecule has 6 heteroatoms. The smallest absolute Gasteiger partial charge is 0.236 e. The molecule has 2 fully saturated rings. The van der Waals surface area contributed by atoms with Gasteiger partial charge in [0.1, 0.15) is 5.75 Å². The zero-order chi connectivity index (χ0) is 14.3. The zero-order valence-electron chi connectivity index (χ0n) is 10.9. The van der Waals surface area contributed by atoms with Gasteiger partial charge in [-0.1, -0.05) is 23.2 Å². The number of phenols is 1. The number of hydrogen-bond donors (Lipinski definition) is 2. The molecule has 3 rings (SSSR count).